The maximum absolute atomic E-state index is 13.5. The molecule has 0 unspecified atom stereocenters. The van der Waals surface area contributed by atoms with Gasteiger partial charge < -0.3 is 0 Å². The summed E-state index contributed by atoms with van der Waals surface area (Å²) in [5.74, 6) is -0.512. The molecule has 0 radical (unpaired) electrons. The van der Waals surface area contributed by atoms with Crippen molar-refractivity contribution in [2.45, 2.75) is 32.6 Å². The molecule has 0 bridgehead atoms. The van der Waals surface area contributed by atoms with Crippen LogP contribution in [0, 0.1) is 18.6 Å². The van der Waals surface area contributed by atoms with E-state index in [1.807, 2.05) is 30.3 Å². The van der Waals surface area contributed by atoms with Gasteiger partial charge in [0.2, 0.25) is 0 Å². The van der Waals surface area contributed by atoms with Gasteiger partial charge in [0.1, 0.15) is 11.6 Å². The van der Waals surface area contributed by atoms with E-state index in [0.717, 1.165) is 25.4 Å². The summed E-state index contributed by atoms with van der Waals surface area (Å²) in [7, 11) is 0. The lowest BCUT2D eigenvalue weighted by atomic mass is 10.2. The zero-order chi connectivity index (χ0) is 23.8. The van der Waals surface area contributed by atoms with Gasteiger partial charge in [0, 0.05) is 21.1 Å². The predicted molar refractivity (Wildman–Crippen MR) is 143 cm³/mol. The fourth-order valence-electron chi connectivity index (χ4n) is 3.08. The lowest BCUT2D eigenvalue weighted by molar-refractivity contribution is 0.626. The topological polar surface area (TPSA) is 12.4 Å². The van der Waals surface area contributed by atoms with E-state index in [1.54, 1.807) is 59.6 Å². The average molecular weight is 508 g/mol. The van der Waals surface area contributed by atoms with Gasteiger partial charge in [-0.2, -0.15) is 0 Å². The van der Waals surface area contributed by atoms with Crippen molar-refractivity contribution < 1.29 is 8.78 Å². The highest BCUT2D eigenvalue weighted by molar-refractivity contribution is 8.17. The molecule has 0 N–H and O–H groups in total. The van der Waals surface area contributed by atoms with Gasteiger partial charge in [0.25, 0.3) is 0 Å². The van der Waals surface area contributed by atoms with E-state index in [9.17, 15) is 8.78 Å². The average Bonchev–Trinajstić information content (AvgIpc) is 2.84. The molecule has 0 spiro atoms. The molecule has 1 nitrogen and oxygen atoms in total. The predicted octanol–water partition coefficient (Wildman–Crippen LogP) is 9.40. The summed E-state index contributed by atoms with van der Waals surface area (Å²) in [6.07, 6.45) is 0.678. The van der Waals surface area contributed by atoms with Gasteiger partial charge in [-0.15, -0.1) is 23.5 Å². The van der Waals surface area contributed by atoms with Crippen molar-refractivity contribution in [3.63, 3.8) is 0 Å². The van der Waals surface area contributed by atoms with Crippen LogP contribution in [0.15, 0.2) is 123 Å². The summed E-state index contributed by atoms with van der Waals surface area (Å²) in [5, 5.41) is 0.976. The molecule has 0 heterocycles. The number of rotatable bonds is 8. The molecule has 172 valence electrons. The number of hydrogen-bond acceptors (Lipinski definition) is 4. The van der Waals surface area contributed by atoms with Crippen LogP contribution < -0.4 is 0 Å². The summed E-state index contributed by atoms with van der Waals surface area (Å²) in [5.41, 5.74) is 2.11. The number of hydrogen-bond donors (Lipinski definition) is 0. The van der Waals surface area contributed by atoms with Gasteiger partial charge in [-0.3, -0.25) is 0 Å². The molecule has 0 saturated heterocycles. The Morgan fingerprint density at radius 3 is 1.71 bits per heavy atom. The van der Waals surface area contributed by atoms with Crippen molar-refractivity contribution in [3.05, 3.63) is 120 Å². The third-order valence-electron chi connectivity index (χ3n) is 4.77. The Hall–Kier alpha value is -2.54. The molecule has 4 aromatic rings. The van der Waals surface area contributed by atoms with Crippen molar-refractivity contribution in [2.75, 3.05) is 0 Å². The second kappa shape index (κ2) is 12.2. The zero-order valence-electron chi connectivity index (χ0n) is 18.5. The highest BCUT2D eigenvalue weighted by atomic mass is 32.2. The van der Waals surface area contributed by atoms with Crippen LogP contribution in [0.2, 0.25) is 0 Å². The summed E-state index contributed by atoms with van der Waals surface area (Å²) in [4.78, 5) is 8.03. The normalized spacial score (nSPS) is 11.7. The number of halogens is 2. The van der Waals surface area contributed by atoms with Crippen LogP contribution in [0.1, 0.15) is 12.0 Å². The number of nitrogens with zero attached hydrogens (tertiary/aromatic N) is 1. The van der Waals surface area contributed by atoms with E-state index in [-0.39, 0.29) is 16.2 Å². The first-order valence-corrected chi connectivity index (χ1v) is 13.3. The van der Waals surface area contributed by atoms with Crippen LogP contribution >= 0.6 is 35.3 Å². The number of aryl methyl sites for hydroxylation is 1. The SMILES string of the molecule is Cc1ccc(SC(CC(Sc2ccc(F)cc2)Sc2ccc(F)cc2)=Nc2ccccc2)cc1. The summed E-state index contributed by atoms with van der Waals surface area (Å²) < 4.78 is 27.0. The standard InChI is InChI=1S/C28H23F2NS3/c1-20-7-13-24(14-8-20)32-27(31-23-5-3-2-4-6-23)19-28(33-25-15-9-21(29)10-16-25)34-26-17-11-22(30)12-18-26/h2-18,28H,19H2,1H3. The number of para-hydroxylation sites is 1. The molecule has 0 aliphatic carbocycles. The highest BCUT2D eigenvalue weighted by Crippen LogP contribution is 2.40. The monoisotopic (exact) mass is 507 g/mol. The molecule has 0 aliphatic heterocycles. The molecule has 6 heteroatoms. The van der Waals surface area contributed by atoms with Crippen molar-refractivity contribution in [2.24, 2.45) is 4.99 Å². The lowest BCUT2D eigenvalue weighted by Crippen LogP contribution is -2.05. The molecule has 0 fully saturated rings. The molecule has 0 aliphatic rings. The molecule has 0 amide bonds. The van der Waals surface area contributed by atoms with E-state index in [0.29, 0.717) is 6.42 Å². The second-order valence-electron chi connectivity index (χ2n) is 7.53. The second-order valence-corrected chi connectivity index (χ2v) is 11.5. The molecular weight excluding hydrogens is 485 g/mol. The van der Waals surface area contributed by atoms with E-state index in [2.05, 4.69) is 31.2 Å². The van der Waals surface area contributed by atoms with Gasteiger partial charge in [-0.25, -0.2) is 13.8 Å². The molecular formula is C28H23F2NS3. The minimum atomic E-state index is -0.256. The van der Waals surface area contributed by atoms with Crippen molar-refractivity contribution in [1.82, 2.24) is 0 Å². The van der Waals surface area contributed by atoms with E-state index < -0.39 is 0 Å². The fourth-order valence-corrected chi connectivity index (χ4v) is 6.77. The molecule has 4 rings (SSSR count). The van der Waals surface area contributed by atoms with Crippen molar-refractivity contribution in [1.29, 1.82) is 0 Å². The Balaban J connectivity index is 1.62. The molecule has 34 heavy (non-hydrogen) atoms. The maximum atomic E-state index is 13.5. The van der Waals surface area contributed by atoms with Crippen LogP contribution in [-0.2, 0) is 0 Å². The first-order chi connectivity index (χ1) is 16.5. The Morgan fingerprint density at radius 2 is 1.18 bits per heavy atom. The van der Waals surface area contributed by atoms with Crippen LogP contribution in [0.25, 0.3) is 0 Å². The van der Waals surface area contributed by atoms with Gasteiger partial charge in [0.15, 0.2) is 0 Å². The number of aliphatic imine (C=N–C) groups is 1. The Morgan fingerprint density at radius 1 is 0.676 bits per heavy atom. The first kappa shape index (κ1) is 24.6. The summed E-state index contributed by atoms with van der Waals surface area (Å²) in [6, 6.07) is 31.4. The van der Waals surface area contributed by atoms with Gasteiger partial charge in [-0.05, 0) is 79.7 Å². The fraction of sp³-hybridized carbons (Fsp3) is 0.107. The molecule has 0 aromatic heterocycles. The molecule has 0 atom stereocenters. The third kappa shape index (κ3) is 7.76. The minimum absolute atomic E-state index is 0.0522. The van der Waals surface area contributed by atoms with Crippen LogP contribution in [0.5, 0.6) is 0 Å². The quantitative estimate of drug-likeness (QED) is 0.102. The van der Waals surface area contributed by atoms with Crippen LogP contribution in [0.3, 0.4) is 0 Å². The van der Waals surface area contributed by atoms with Crippen molar-refractivity contribution in [3.8, 4) is 0 Å². The minimum Gasteiger partial charge on any atom is -0.246 e. The van der Waals surface area contributed by atoms with Crippen LogP contribution in [-0.4, -0.2) is 9.63 Å². The lowest BCUT2D eigenvalue weighted by Gasteiger charge is -2.18. The van der Waals surface area contributed by atoms with Gasteiger partial charge in [0.05, 0.1) is 15.3 Å². The van der Waals surface area contributed by atoms with E-state index >= 15 is 0 Å². The summed E-state index contributed by atoms with van der Waals surface area (Å²) >= 11 is 4.96. The smallest absolute Gasteiger partial charge is 0.123 e. The number of benzene rings is 4. The Kier molecular flexibility index (Phi) is 8.85. The van der Waals surface area contributed by atoms with E-state index in [1.165, 1.54) is 29.8 Å². The highest BCUT2D eigenvalue weighted by Gasteiger charge is 2.18. The Bertz CT molecular complexity index is 1160. The molecule has 0 saturated carbocycles. The van der Waals surface area contributed by atoms with Crippen molar-refractivity contribution >= 4 is 46.0 Å². The zero-order valence-corrected chi connectivity index (χ0v) is 21.0. The third-order valence-corrected chi connectivity index (χ3v) is 8.30. The number of thioether (sulfide) groups is 3. The largest absolute Gasteiger partial charge is 0.246 e. The Labute approximate surface area is 212 Å². The first-order valence-electron chi connectivity index (χ1n) is 10.7. The van der Waals surface area contributed by atoms with Gasteiger partial charge >= 0.3 is 0 Å². The molecule has 4 aromatic carbocycles. The van der Waals surface area contributed by atoms with Crippen LogP contribution in [0.4, 0.5) is 14.5 Å². The van der Waals surface area contributed by atoms with Gasteiger partial charge in [-0.1, -0.05) is 47.7 Å². The van der Waals surface area contributed by atoms with E-state index in [4.69, 9.17) is 4.99 Å². The maximum Gasteiger partial charge on any atom is 0.123 e. The summed E-state index contributed by atoms with van der Waals surface area (Å²) in [6.45, 7) is 2.07.